The molecule has 0 radical (unpaired) electrons. The Morgan fingerprint density at radius 2 is 0.600 bits per heavy atom. The molecule has 7 N–H and O–H groups in total. The van der Waals surface area contributed by atoms with Crippen LogP contribution in [0.4, 0.5) is 26.3 Å². The average Bonchev–Trinajstić information content (AvgIpc) is 0.713. The van der Waals surface area contributed by atoms with Gasteiger partial charge in [-0.3, -0.25) is 4.79 Å². The molecule has 0 saturated carbocycles. The summed E-state index contributed by atoms with van der Waals surface area (Å²) >= 11 is 0. The van der Waals surface area contributed by atoms with Crippen molar-refractivity contribution in [1.82, 2.24) is 0 Å². The van der Waals surface area contributed by atoms with Gasteiger partial charge >= 0.3 is 30.3 Å². The Morgan fingerprint density at radius 3 is 0.945 bits per heavy atom. The van der Waals surface area contributed by atoms with Gasteiger partial charge in [-0.25, -0.2) is 14.4 Å². The highest BCUT2D eigenvalue weighted by atomic mass is 19.4. The van der Waals surface area contributed by atoms with Crippen LogP contribution in [0, 0.1) is 104 Å². The number of Topliss-reactive ketones (excluding diaryl/α,β-unsaturated/α-hetero) is 1. The quantitative estimate of drug-likeness (QED) is 0.0328. The number of ketones is 1. The number of aryl methyl sites for hydroxylation is 15. The van der Waals surface area contributed by atoms with Crippen molar-refractivity contribution in [1.29, 1.82) is 0 Å². The first-order valence-corrected chi connectivity index (χ1v) is 35.1. The van der Waals surface area contributed by atoms with Gasteiger partial charge in [0.05, 0.1) is 16.7 Å². The van der Waals surface area contributed by atoms with Gasteiger partial charge in [-0.05, 0) is 312 Å². The fourth-order valence-corrected chi connectivity index (χ4v) is 12.1. The van der Waals surface area contributed by atoms with Gasteiger partial charge in [0.25, 0.3) is 0 Å². The molecule has 0 atom stereocenters. The summed E-state index contributed by atoms with van der Waals surface area (Å²) in [5.41, 5.74) is 18.0. The van der Waals surface area contributed by atoms with E-state index in [4.69, 9.17) is 15.3 Å². The number of carboxylic acids is 3. The highest BCUT2D eigenvalue weighted by Gasteiger charge is 2.72. The first-order valence-electron chi connectivity index (χ1n) is 35.1. The van der Waals surface area contributed by atoms with Crippen molar-refractivity contribution in [2.24, 2.45) is 0 Å². The summed E-state index contributed by atoms with van der Waals surface area (Å²) < 4.78 is 83.5. The monoisotopic (exact) mass is 1500 g/mol. The molecular weight excluding hydrogens is 1410 g/mol. The topological polar surface area (TPSA) is 210 Å². The molecule has 0 spiro atoms. The summed E-state index contributed by atoms with van der Waals surface area (Å²) in [6.07, 6.45) is -10.0. The minimum atomic E-state index is -5.63. The van der Waals surface area contributed by atoms with E-state index in [9.17, 15) is 65.9 Å². The van der Waals surface area contributed by atoms with Crippen LogP contribution in [-0.4, -0.2) is 71.8 Å². The van der Waals surface area contributed by atoms with Crippen LogP contribution in [0.1, 0.15) is 171 Å². The van der Waals surface area contributed by atoms with Crippen molar-refractivity contribution in [3.63, 3.8) is 0 Å². The Kier molecular flexibility index (Phi) is 29.4. The molecule has 0 saturated heterocycles. The van der Waals surface area contributed by atoms with Crippen LogP contribution in [0.15, 0.2) is 207 Å². The average molecular weight is 1500 g/mol. The first-order chi connectivity index (χ1) is 51.3. The zero-order chi connectivity index (χ0) is 82.2. The van der Waals surface area contributed by atoms with Gasteiger partial charge in [0.1, 0.15) is 23.0 Å². The van der Waals surface area contributed by atoms with E-state index in [1.54, 1.807) is 58.0 Å². The summed E-state index contributed by atoms with van der Waals surface area (Å²) in [6, 6.07) is 57.3. The molecule has 11 aromatic rings. The minimum Gasteiger partial charge on any atom is -0.508 e. The number of hydrogen-bond acceptors (Lipinski definition) is 8. The fourth-order valence-electron chi connectivity index (χ4n) is 12.1. The highest BCUT2D eigenvalue weighted by molar-refractivity contribution is 5.96. The van der Waals surface area contributed by atoms with Crippen molar-refractivity contribution >= 4 is 29.5 Å². The number of alkyl halides is 6. The van der Waals surface area contributed by atoms with E-state index < -0.39 is 46.8 Å². The standard InChI is InChI=1S/C18H16F6O.2C18H18O3.2C15H16O.C9H10O2/c1-10-4-5-13(8-11(10)2)16(17(19,20)21,18(22,23)24)14-6-7-15(25)12(3)9-14;2*1-11-4-6-14(9-16(11)13(3)19)8-15-7-5-12(2)17(10-15)18(20)21;1-10-4-6-13(8-12(10)3)14-7-5-11(2)15(16)9-14;1-10-4-5-13(8-11(10)2)14-6-7-15(16)12(3)9-14;1-6-3-7(2)5-8(4-6)9(10)11/h4-9,25H,1-3H3;4-7,9-10H,8H2,1-3H3,(H,20,21);4-7,9-10,19H,3,8H2,1-2H3,(H,20,21);2*4-9,16H,1-3H3;3-5H,1-2H3,(H,10,11). The number of phenols is 3. The lowest BCUT2D eigenvalue weighted by atomic mass is 9.72. The zero-order valence-corrected chi connectivity index (χ0v) is 64.7. The summed E-state index contributed by atoms with van der Waals surface area (Å²) in [5.74, 6) is -2.26. The number of carboxylic acid groups (broad SMARTS) is 3. The van der Waals surface area contributed by atoms with Crippen LogP contribution in [-0.2, 0) is 18.3 Å². The van der Waals surface area contributed by atoms with Crippen LogP contribution in [0.25, 0.3) is 28.0 Å². The van der Waals surface area contributed by atoms with Gasteiger partial charge in [0.2, 0.25) is 5.41 Å². The van der Waals surface area contributed by atoms with E-state index in [1.807, 2.05) is 139 Å². The Hall–Kier alpha value is -12.0. The molecule has 0 fully saturated rings. The third-order valence-corrected chi connectivity index (χ3v) is 19.2. The first kappa shape index (κ1) is 86.9. The van der Waals surface area contributed by atoms with E-state index in [0.717, 1.165) is 119 Å². The van der Waals surface area contributed by atoms with Crippen LogP contribution >= 0.6 is 0 Å². The Morgan fingerprint density at radius 1 is 0.300 bits per heavy atom. The smallest absolute Gasteiger partial charge is 0.411 e. The van der Waals surface area contributed by atoms with Gasteiger partial charge in [0, 0.05) is 11.1 Å². The molecule has 0 amide bonds. The maximum Gasteiger partial charge on any atom is 0.411 e. The molecule has 110 heavy (non-hydrogen) atoms. The van der Waals surface area contributed by atoms with Crippen LogP contribution < -0.4 is 0 Å². The van der Waals surface area contributed by atoms with E-state index in [-0.39, 0.29) is 22.9 Å². The molecule has 574 valence electrons. The van der Waals surface area contributed by atoms with Gasteiger partial charge in [0.15, 0.2) is 5.78 Å². The number of carbonyl (C=O) groups excluding carboxylic acids is 1. The second kappa shape index (κ2) is 37.2. The number of phenolic OH excluding ortho intramolecular Hbond substituents is 3. The summed E-state index contributed by atoms with van der Waals surface area (Å²) in [4.78, 5) is 44.4. The van der Waals surface area contributed by atoms with Crippen LogP contribution in [0.2, 0.25) is 0 Å². The minimum absolute atomic E-state index is 0.0458. The molecule has 11 aromatic carbocycles. The Balaban J connectivity index is 0.000000209. The number of rotatable bonds is 13. The summed E-state index contributed by atoms with van der Waals surface area (Å²) in [6.45, 7) is 32.8. The number of benzene rings is 11. The van der Waals surface area contributed by atoms with E-state index in [0.29, 0.717) is 58.2 Å². The number of aromatic carboxylic acids is 3. The molecular formula is C93H94F6O11. The summed E-state index contributed by atoms with van der Waals surface area (Å²) in [7, 11) is 0. The largest absolute Gasteiger partial charge is 0.508 e. The molecule has 11 nitrogen and oxygen atoms in total. The molecule has 0 heterocycles. The maximum atomic E-state index is 13.9. The fraction of sp³-hybridized carbons (Fsp3) is 0.226. The molecule has 0 aromatic heterocycles. The number of carbonyl (C=O) groups is 4. The van der Waals surface area contributed by atoms with Crippen molar-refractivity contribution in [3.8, 4) is 39.5 Å². The lowest BCUT2D eigenvalue weighted by Crippen LogP contribution is -2.54. The molecule has 0 unspecified atom stereocenters. The lowest BCUT2D eigenvalue weighted by molar-refractivity contribution is -0.288. The lowest BCUT2D eigenvalue weighted by Gasteiger charge is -2.38. The molecule has 0 aliphatic heterocycles. The van der Waals surface area contributed by atoms with E-state index >= 15 is 0 Å². The second-order valence-electron chi connectivity index (χ2n) is 27.9. The Labute approximate surface area is 639 Å². The number of halogens is 6. The van der Waals surface area contributed by atoms with E-state index in [1.165, 1.54) is 47.7 Å². The van der Waals surface area contributed by atoms with Crippen LogP contribution in [0.5, 0.6) is 17.2 Å². The Bertz CT molecular complexity index is 4680. The number of aliphatic hydroxyl groups excluding tert-OH is 1. The predicted molar refractivity (Wildman–Crippen MR) is 426 cm³/mol. The molecule has 0 aliphatic carbocycles. The maximum absolute atomic E-state index is 13.9. The third-order valence-electron chi connectivity index (χ3n) is 19.2. The van der Waals surface area contributed by atoms with Gasteiger partial charge in [-0.15, -0.1) is 0 Å². The van der Waals surface area contributed by atoms with Crippen molar-refractivity contribution in [2.45, 2.75) is 141 Å². The predicted octanol–water partition coefficient (Wildman–Crippen LogP) is 23.6. The molecule has 0 aliphatic rings. The second-order valence-corrected chi connectivity index (χ2v) is 27.9. The molecule has 0 bridgehead atoms. The van der Waals surface area contributed by atoms with Gasteiger partial charge in [-0.2, -0.15) is 26.3 Å². The summed E-state index contributed by atoms with van der Waals surface area (Å²) in [5, 5.41) is 65.2. The van der Waals surface area contributed by atoms with Crippen molar-refractivity contribution < 1.29 is 81.3 Å². The highest BCUT2D eigenvalue weighted by Crippen LogP contribution is 2.57. The third kappa shape index (κ3) is 22.6. The van der Waals surface area contributed by atoms with E-state index in [2.05, 4.69) is 70.7 Å². The zero-order valence-electron chi connectivity index (χ0n) is 64.7. The number of aromatic hydroxyl groups is 3. The number of aliphatic hydroxyl groups is 1. The van der Waals surface area contributed by atoms with Crippen molar-refractivity contribution in [2.75, 3.05) is 0 Å². The van der Waals surface area contributed by atoms with Crippen LogP contribution in [0.3, 0.4) is 0 Å². The normalized spacial score (nSPS) is 11.0. The van der Waals surface area contributed by atoms with Crippen molar-refractivity contribution in [3.05, 3.63) is 351 Å². The van der Waals surface area contributed by atoms with Gasteiger partial charge in [-0.1, -0.05) is 157 Å². The van der Waals surface area contributed by atoms with Gasteiger partial charge < -0.3 is 35.7 Å². The molecule has 11 rings (SSSR count). The number of hydrogen-bond donors (Lipinski definition) is 7. The molecule has 17 heteroatoms. The SMILES string of the molecule is C=C(O)c1cc(Cc2ccc(C)c(C(=O)O)c2)ccc1C.CC(=O)c1cc(Cc2ccc(C)c(C(=O)O)c2)ccc1C.Cc1cc(C)cc(C(=O)O)c1.Cc1ccc(-c2ccc(C)c(O)c2)cc1C.Cc1ccc(-c2ccc(O)c(C)c2)cc1C.Cc1ccc(C(c2ccc(O)c(C)c2)(C(F)(F)F)C(F)(F)F)cc1C.